The summed E-state index contributed by atoms with van der Waals surface area (Å²) >= 11 is 5.23. The summed E-state index contributed by atoms with van der Waals surface area (Å²) in [7, 11) is 0. The Morgan fingerprint density at radius 1 is 1.17 bits per heavy atom. The first-order valence-electron chi connectivity index (χ1n) is 7.18. The number of nitrogens with zero attached hydrogens (tertiary/aromatic N) is 3. The quantitative estimate of drug-likeness (QED) is 0.575. The summed E-state index contributed by atoms with van der Waals surface area (Å²) in [5, 5.41) is 11.3. The van der Waals surface area contributed by atoms with E-state index in [2.05, 4.69) is 15.3 Å². The van der Waals surface area contributed by atoms with Crippen LogP contribution in [0.15, 0.2) is 59.7 Å². The van der Waals surface area contributed by atoms with E-state index in [-0.39, 0.29) is 6.61 Å². The van der Waals surface area contributed by atoms with E-state index in [0.29, 0.717) is 10.6 Å². The lowest BCUT2D eigenvalue weighted by Gasteiger charge is -2.05. The molecule has 0 aliphatic rings. The van der Waals surface area contributed by atoms with E-state index in [9.17, 15) is 0 Å². The molecule has 0 bridgehead atoms. The second kappa shape index (κ2) is 7.02. The van der Waals surface area contributed by atoms with Crippen LogP contribution in [-0.4, -0.2) is 21.1 Å². The molecule has 23 heavy (non-hydrogen) atoms. The Hall–Kier alpha value is -2.73. The number of aryl methyl sites for hydroxylation is 1. The Morgan fingerprint density at radius 3 is 2.70 bits per heavy atom. The maximum absolute atomic E-state index is 5.70. The van der Waals surface area contributed by atoms with Gasteiger partial charge in [-0.1, -0.05) is 42.5 Å². The number of hydrogen-bond donors (Lipinski definition) is 1. The fourth-order valence-corrected chi connectivity index (χ4v) is 2.25. The van der Waals surface area contributed by atoms with Crippen molar-refractivity contribution < 1.29 is 4.74 Å². The van der Waals surface area contributed by atoms with Crippen LogP contribution in [0.3, 0.4) is 0 Å². The number of benzene rings is 2. The SMILES string of the molecule is Cc1ccccc1/C=N\n1c(COc2ccccc2)n[nH]c1=S. The van der Waals surface area contributed by atoms with Crippen LogP contribution in [0.4, 0.5) is 0 Å². The first-order chi connectivity index (χ1) is 11.2. The average molecular weight is 324 g/mol. The normalized spacial score (nSPS) is 11.0. The lowest BCUT2D eigenvalue weighted by atomic mass is 10.1. The van der Waals surface area contributed by atoms with Gasteiger partial charge in [-0.15, -0.1) is 0 Å². The van der Waals surface area contributed by atoms with Gasteiger partial charge in [-0.2, -0.15) is 14.9 Å². The van der Waals surface area contributed by atoms with Gasteiger partial charge in [0.25, 0.3) is 0 Å². The number of para-hydroxylation sites is 1. The van der Waals surface area contributed by atoms with Crippen molar-refractivity contribution in [3.63, 3.8) is 0 Å². The lowest BCUT2D eigenvalue weighted by Crippen LogP contribution is -2.04. The molecule has 3 aromatic rings. The fourth-order valence-electron chi connectivity index (χ4n) is 2.05. The molecule has 6 heteroatoms. The second-order valence-electron chi connectivity index (χ2n) is 4.96. The molecule has 5 nitrogen and oxygen atoms in total. The maximum atomic E-state index is 5.70. The van der Waals surface area contributed by atoms with E-state index in [4.69, 9.17) is 17.0 Å². The number of aromatic amines is 1. The fraction of sp³-hybridized carbons (Fsp3) is 0.118. The summed E-state index contributed by atoms with van der Waals surface area (Å²) < 4.78 is 7.70. The van der Waals surface area contributed by atoms with Crippen molar-refractivity contribution in [1.29, 1.82) is 0 Å². The zero-order valence-electron chi connectivity index (χ0n) is 12.6. The minimum atomic E-state index is 0.280. The number of hydrogen-bond acceptors (Lipinski definition) is 4. The van der Waals surface area contributed by atoms with Crippen LogP contribution in [0, 0.1) is 11.7 Å². The zero-order valence-corrected chi connectivity index (χ0v) is 13.5. The predicted molar refractivity (Wildman–Crippen MR) is 92.4 cm³/mol. The summed E-state index contributed by atoms with van der Waals surface area (Å²) in [5.74, 6) is 1.39. The van der Waals surface area contributed by atoms with Gasteiger partial charge in [0.15, 0.2) is 5.82 Å². The third kappa shape index (κ3) is 3.73. The summed E-state index contributed by atoms with van der Waals surface area (Å²) in [6, 6.07) is 17.6. The molecule has 3 rings (SSSR count). The molecule has 0 saturated heterocycles. The van der Waals surface area contributed by atoms with Crippen LogP contribution in [0.5, 0.6) is 5.75 Å². The standard InChI is InChI=1S/C17H16N4OS/c1-13-7-5-6-8-14(13)11-18-21-16(19-20-17(21)23)12-22-15-9-3-2-4-10-15/h2-11H,12H2,1H3,(H,20,23)/b18-11-. The summed E-state index contributed by atoms with van der Waals surface area (Å²) in [5.41, 5.74) is 2.18. The van der Waals surface area contributed by atoms with Crippen LogP contribution < -0.4 is 4.74 Å². The molecule has 2 aromatic carbocycles. The van der Waals surface area contributed by atoms with Gasteiger partial charge in [0.05, 0.1) is 6.21 Å². The van der Waals surface area contributed by atoms with Crippen LogP contribution in [0.25, 0.3) is 0 Å². The Balaban J connectivity index is 1.79. The number of aromatic nitrogens is 3. The third-order valence-electron chi connectivity index (χ3n) is 3.33. The van der Waals surface area contributed by atoms with Crippen molar-refractivity contribution in [3.8, 4) is 5.75 Å². The largest absolute Gasteiger partial charge is 0.486 e. The molecular formula is C17H16N4OS. The Bertz CT molecular complexity index is 868. The van der Waals surface area contributed by atoms with E-state index in [1.165, 1.54) is 0 Å². The van der Waals surface area contributed by atoms with Crippen molar-refractivity contribution in [2.45, 2.75) is 13.5 Å². The minimum Gasteiger partial charge on any atom is -0.486 e. The van der Waals surface area contributed by atoms with Gasteiger partial charge in [-0.25, -0.2) is 5.10 Å². The third-order valence-corrected chi connectivity index (χ3v) is 3.59. The van der Waals surface area contributed by atoms with Crippen LogP contribution in [0.2, 0.25) is 0 Å². The highest BCUT2D eigenvalue weighted by Crippen LogP contribution is 2.11. The molecule has 0 fully saturated rings. The number of rotatable bonds is 5. The molecule has 1 aromatic heterocycles. The van der Waals surface area contributed by atoms with Crippen molar-refractivity contribution >= 4 is 18.4 Å². The predicted octanol–water partition coefficient (Wildman–Crippen LogP) is 3.71. The summed E-state index contributed by atoms with van der Waals surface area (Å²) in [6.07, 6.45) is 1.77. The topological polar surface area (TPSA) is 55.2 Å². The molecule has 0 spiro atoms. The molecule has 0 amide bonds. The minimum absolute atomic E-state index is 0.280. The average Bonchev–Trinajstić information content (AvgIpc) is 2.93. The number of nitrogens with one attached hydrogen (secondary N) is 1. The Kier molecular flexibility index (Phi) is 4.63. The van der Waals surface area contributed by atoms with Gasteiger partial charge in [0.2, 0.25) is 4.77 Å². The first kappa shape index (κ1) is 15.2. The lowest BCUT2D eigenvalue weighted by molar-refractivity contribution is 0.290. The molecule has 0 saturated carbocycles. The summed E-state index contributed by atoms with van der Waals surface area (Å²) in [6.45, 7) is 2.32. The van der Waals surface area contributed by atoms with Gasteiger partial charge >= 0.3 is 0 Å². The van der Waals surface area contributed by atoms with Crippen molar-refractivity contribution in [2.75, 3.05) is 0 Å². The van der Waals surface area contributed by atoms with Gasteiger partial charge in [0, 0.05) is 0 Å². The van der Waals surface area contributed by atoms with Crippen molar-refractivity contribution in [3.05, 3.63) is 76.3 Å². The number of ether oxygens (including phenoxy) is 1. The molecule has 1 N–H and O–H groups in total. The van der Waals surface area contributed by atoms with Gasteiger partial charge in [-0.3, -0.25) is 0 Å². The first-order valence-corrected chi connectivity index (χ1v) is 7.59. The summed E-state index contributed by atoms with van der Waals surface area (Å²) in [4.78, 5) is 0. The van der Waals surface area contributed by atoms with Gasteiger partial charge in [0.1, 0.15) is 12.4 Å². The molecule has 116 valence electrons. The highest BCUT2D eigenvalue weighted by molar-refractivity contribution is 7.71. The van der Waals surface area contributed by atoms with E-state index >= 15 is 0 Å². The molecule has 1 heterocycles. The van der Waals surface area contributed by atoms with Crippen LogP contribution >= 0.6 is 12.2 Å². The zero-order chi connectivity index (χ0) is 16.1. The highest BCUT2D eigenvalue weighted by Gasteiger charge is 2.06. The van der Waals surface area contributed by atoms with E-state index < -0.39 is 0 Å². The van der Waals surface area contributed by atoms with Gasteiger partial charge < -0.3 is 4.74 Å². The van der Waals surface area contributed by atoms with Gasteiger partial charge in [-0.05, 0) is 42.4 Å². The van der Waals surface area contributed by atoms with E-state index in [0.717, 1.165) is 16.9 Å². The molecular weight excluding hydrogens is 308 g/mol. The second-order valence-corrected chi connectivity index (χ2v) is 5.35. The van der Waals surface area contributed by atoms with Crippen molar-refractivity contribution in [2.24, 2.45) is 5.10 Å². The van der Waals surface area contributed by atoms with Crippen LogP contribution in [0.1, 0.15) is 17.0 Å². The molecule has 0 atom stereocenters. The van der Waals surface area contributed by atoms with E-state index in [1.807, 2.05) is 61.5 Å². The monoisotopic (exact) mass is 324 g/mol. The van der Waals surface area contributed by atoms with Crippen molar-refractivity contribution in [1.82, 2.24) is 14.9 Å². The maximum Gasteiger partial charge on any atom is 0.216 e. The molecule has 0 aliphatic carbocycles. The van der Waals surface area contributed by atoms with E-state index in [1.54, 1.807) is 10.9 Å². The Labute approximate surface area is 139 Å². The number of H-pyrrole nitrogens is 1. The molecule has 0 unspecified atom stereocenters. The van der Waals surface area contributed by atoms with Crippen LogP contribution in [-0.2, 0) is 6.61 Å². The molecule has 0 aliphatic heterocycles. The smallest absolute Gasteiger partial charge is 0.216 e. The molecule has 0 radical (unpaired) electrons. The highest BCUT2D eigenvalue weighted by atomic mass is 32.1. The Morgan fingerprint density at radius 2 is 1.91 bits per heavy atom.